The molecule has 4 rings (SSSR count). The van der Waals surface area contributed by atoms with Gasteiger partial charge in [0.2, 0.25) is 0 Å². The number of hydrogen-bond donors (Lipinski definition) is 0. The number of rotatable bonds is 5. The molecule has 0 unspecified atom stereocenters. The van der Waals surface area contributed by atoms with Gasteiger partial charge in [0.05, 0.1) is 19.2 Å². The minimum atomic E-state index is -0.467. The highest BCUT2D eigenvalue weighted by atomic mass is 19.1. The van der Waals surface area contributed by atoms with Crippen molar-refractivity contribution in [2.75, 3.05) is 13.1 Å². The molecule has 1 fully saturated rings. The summed E-state index contributed by atoms with van der Waals surface area (Å²) < 4.78 is 29.3. The van der Waals surface area contributed by atoms with Crippen LogP contribution < -0.4 is 15.1 Å². The zero-order valence-electron chi connectivity index (χ0n) is 15.6. The first-order chi connectivity index (χ1) is 14.0. The molecule has 3 aromatic rings. The highest BCUT2D eigenvalue weighted by Gasteiger charge is 2.33. The van der Waals surface area contributed by atoms with Gasteiger partial charge < -0.3 is 18.8 Å². The van der Waals surface area contributed by atoms with Crippen molar-refractivity contribution in [1.29, 1.82) is 0 Å². The first kappa shape index (κ1) is 18.7. The summed E-state index contributed by atoms with van der Waals surface area (Å²) in [7, 11) is 0. The lowest BCUT2D eigenvalue weighted by Crippen LogP contribution is -2.56. The molecule has 0 aliphatic carbocycles. The van der Waals surface area contributed by atoms with Crippen LogP contribution in [-0.4, -0.2) is 30.0 Å². The molecule has 148 valence electrons. The van der Waals surface area contributed by atoms with E-state index in [-0.39, 0.29) is 17.8 Å². The SMILES string of the molecule is Cc1cc(OC2CN(C(=O)c3cccc(Oc4ccc(F)cc4)c3)C2)cc(=O)o1. The Kier molecular flexibility index (Phi) is 5.03. The van der Waals surface area contributed by atoms with Gasteiger partial charge in [-0.3, -0.25) is 4.79 Å². The van der Waals surface area contributed by atoms with E-state index in [1.807, 2.05) is 0 Å². The number of likely N-dealkylation sites (tertiary alicyclic amines) is 1. The topological polar surface area (TPSA) is 69.0 Å². The van der Waals surface area contributed by atoms with E-state index in [4.69, 9.17) is 13.9 Å². The van der Waals surface area contributed by atoms with Crippen molar-refractivity contribution in [1.82, 2.24) is 4.90 Å². The molecule has 1 saturated heterocycles. The second kappa shape index (κ2) is 7.79. The third-order valence-electron chi connectivity index (χ3n) is 4.44. The lowest BCUT2D eigenvalue weighted by atomic mass is 10.1. The number of carbonyl (C=O) groups excluding carboxylic acids is 1. The average Bonchev–Trinajstić information content (AvgIpc) is 2.65. The molecular weight excluding hydrogens is 377 g/mol. The van der Waals surface area contributed by atoms with Gasteiger partial charge in [0.25, 0.3) is 5.91 Å². The summed E-state index contributed by atoms with van der Waals surface area (Å²) in [4.78, 5) is 25.7. The van der Waals surface area contributed by atoms with Gasteiger partial charge in [-0.15, -0.1) is 0 Å². The van der Waals surface area contributed by atoms with E-state index in [0.29, 0.717) is 41.7 Å². The summed E-state index contributed by atoms with van der Waals surface area (Å²) in [6.07, 6.45) is -0.182. The Morgan fingerprint density at radius 1 is 1.03 bits per heavy atom. The Balaban J connectivity index is 1.37. The Bertz CT molecular complexity index is 1090. The molecule has 0 bridgehead atoms. The fourth-order valence-electron chi connectivity index (χ4n) is 3.03. The Morgan fingerprint density at radius 3 is 2.52 bits per heavy atom. The molecule has 0 spiro atoms. The maximum absolute atomic E-state index is 13.0. The number of nitrogens with zero attached hydrogens (tertiary/aromatic N) is 1. The number of ether oxygens (including phenoxy) is 2. The molecule has 1 aliphatic heterocycles. The normalized spacial score (nSPS) is 13.7. The van der Waals surface area contributed by atoms with Crippen molar-refractivity contribution >= 4 is 5.91 Å². The number of halogens is 1. The van der Waals surface area contributed by atoms with Crippen LogP contribution in [0.4, 0.5) is 4.39 Å². The van der Waals surface area contributed by atoms with Crippen molar-refractivity contribution in [2.24, 2.45) is 0 Å². The van der Waals surface area contributed by atoms with Crippen molar-refractivity contribution in [3.05, 3.63) is 88.2 Å². The average molecular weight is 395 g/mol. The molecule has 7 heteroatoms. The third kappa shape index (κ3) is 4.45. The molecule has 0 saturated carbocycles. The van der Waals surface area contributed by atoms with Crippen LogP contribution in [0.3, 0.4) is 0 Å². The van der Waals surface area contributed by atoms with Crippen molar-refractivity contribution in [3.8, 4) is 17.2 Å². The smallest absolute Gasteiger partial charge is 0.339 e. The summed E-state index contributed by atoms with van der Waals surface area (Å²) in [6, 6.07) is 15.4. The fraction of sp³-hybridized carbons (Fsp3) is 0.182. The van der Waals surface area contributed by atoms with Gasteiger partial charge in [0, 0.05) is 11.6 Å². The van der Waals surface area contributed by atoms with Crippen LogP contribution in [0.1, 0.15) is 16.1 Å². The molecule has 1 amide bonds. The summed E-state index contributed by atoms with van der Waals surface area (Å²) >= 11 is 0. The van der Waals surface area contributed by atoms with E-state index in [2.05, 4.69) is 0 Å². The van der Waals surface area contributed by atoms with Gasteiger partial charge in [0.15, 0.2) is 0 Å². The predicted molar refractivity (Wildman–Crippen MR) is 103 cm³/mol. The molecule has 29 heavy (non-hydrogen) atoms. The monoisotopic (exact) mass is 395 g/mol. The minimum Gasteiger partial charge on any atom is -0.486 e. The molecule has 6 nitrogen and oxygen atoms in total. The molecule has 2 heterocycles. The van der Waals surface area contributed by atoms with Crippen molar-refractivity contribution < 1.29 is 23.1 Å². The minimum absolute atomic E-state index is 0.141. The molecule has 0 N–H and O–H groups in total. The third-order valence-corrected chi connectivity index (χ3v) is 4.44. The summed E-state index contributed by atoms with van der Waals surface area (Å²) in [5, 5.41) is 0. The Morgan fingerprint density at radius 2 is 1.79 bits per heavy atom. The Hall–Kier alpha value is -3.61. The highest BCUT2D eigenvalue weighted by Crippen LogP contribution is 2.25. The van der Waals surface area contributed by atoms with E-state index >= 15 is 0 Å². The number of aryl methyl sites for hydroxylation is 1. The van der Waals surface area contributed by atoms with Crippen LogP contribution in [-0.2, 0) is 0 Å². The molecule has 2 aromatic carbocycles. The second-order valence-electron chi connectivity index (χ2n) is 6.76. The number of carbonyl (C=O) groups is 1. The van der Waals surface area contributed by atoms with Crippen LogP contribution in [0.5, 0.6) is 17.2 Å². The van der Waals surface area contributed by atoms with Gasteiger partial charge >= 0.3 is 5.63 Å². The Labute approximate surface area is 166 Å². The number of hydrogen-bond acceptors (Lipinski definition) is 5. The van der Waals surface area contributed by atoms with Crippen LogP contribution in [0, 0.1) is 12.7 Å². The quantitative estimate of drug-likeness (QED) is 0.658. The van der Waals surface area contributed by atoms with Gasteiger partial charge in [-0.25, -0.2) is 9.18 Å². The van der Waals surface area contributed by atoms with Gasteiger partial charge in [0.1, 0.15) is 34.9 Å². The van der Waals surface area contributed by atoms with Crippen LogP contribution in [0.2, 0.25) is 0 Å². The summed E-state index contributed by atoms with van der Waals surface area (Å²) in [6.45, 7) is 2.51. The first-order valence-corrected chi connectivity index (χ1v) is 9.07. The highest BCUT2D eigenvalue weighted by molar-refractivity contribution is 5.95. The number of amides is 1. The van der Waals surface area contributed by atoms with Crippen LogP contribution in [0.15, 0.2) is 69.9 Å². The molecule has 1 aromatic heterocycles. The van der Waals surface area contributed by atoms with E-state index in [1.54, 1.807) is 42.2 Å². The van der Waals surface area contributed by atoms with E-state index in [9.17, 15) is 14.0 Å². The first-order valence-electron chi connectivity index (χ1n) is 9.07. The van der Waals surface area contributed by atoms with Crippen LogP contribution in [0.25, 0.3) is 0 Å². The summed E-state index contributed by atoms with van der Waals surface area (Å²) in [5.41, 5.74) is 0.0180. The molecule has 0 radical (unpaired) electrons. The van der Waals surface area contributed by atoms with Crippen molar-refractivity contribution in [2.45, 2.75) is 13.0 Å². The molecular formula is C22H18FNO5. The largest absolute Gasteiger partial charge is 0.486 e. The predicted octanol–water partition coefficient (Wildman–Crippen LogP) is 3.78. The van der Waals surface area contributed by atoms with E-state index in [1.165, 1.54) is 30.3 Å². The van der Waals surface area contributed by atoms with E-state index < -0.39 is 5.63 Å². The maximum atomic E-state index is 13.0. The molecule has 0 atom stereocenters. The molecule has 1 aliphatic rings. The standard InChI is InChI=1S/C22H18FNO5/c1-14-9-19(11-21(25)27-14)29-20-12-24(13-20)22(26)15-3-2-4-18(10-15)28-17-7-5-16(23)6-8-17/h2-11,20H,12-13H2,1H3. The lowest BCUT2D eigenvalue weighted by molar-refractivity contribution is 0.0175. The maximum Gasteiger partial charge on any atom is 0.339 e. The van der Waals surface area contributed by atoms with Gasteiger partial charge in [-0.05, 0) is 49.4 Å². The number of benzene rings is 2. The van der Waals surface area contributed by atoms with Crippen molar-refractivity contribution in [3.63, 3.8) is 0 Å². The summed E-state index contributed by atoms with van der Waals surface area (Å²) in [5.74, 6) is 1.39. The van der Waals surface area contributed by atoms with E-state index in [0.717, 1.165) is 0 Å². The van der Waals surface area contributed by atoms with Gasteiger partial charge in [-0.2, -0.15) is 0 Å². The lowest BCUT2D eigenvalue weighted by Gasteiger charge is -2.39. The second-order valence-corrected chi connectivity index (χ2v) is 6.76. The zero-order chi connectivity index (χ0) is 20.4. The zero-order valence-corrected chi connectivity index (χ0v) is 15.6. The van der Waals surface area contributed by atoms with Gasteiger partial charge in [-0.1, -0.05) is 6.07 Å². The fourth-order valence-corrected chi connectivity index (χ4v) is 3.03. The van der Waals surface area contributed by atoms with Crippen LogP contribution >= 0.6 is 0 Å².